The highest BCUT2D eigenvalue weighted by molar-refractivity contribution is 7.14. The molecule has 0 unspecified atom stereocenters. The molecule has 2 aromatic rings. The predicted octanol–water partition coefficient (Wildman–Crippen LogP) is 4.03. The third-order valence-corrected chi connectivity index (χ3v) is 3.30. The van der Waals surface area contributed by atoms with Gasteiger partial charge in [-0.15, -0.1) is 11.3 Å². The number of thiophene rings is 1. The molecule has 1 amide bonds. The summed E-state index contributed by atoms with van der Waals surface area (Å²) < 4.78 is 0. The van der Waals surface area contributed by atoms with Gasteiger partial charge < -0.3 is 5.32 Å². The number of carbonyl (C=O) groups is 1. The van der Waals surface area contributed by atoms with E-state index in [0.29, 0.717) is 5.02 Å². The summed E-state index contributed by atoms with van der Waals surface area (Å²) in [6.45, 7) is 1.50. The molecule has 16 heavy (non-hydrogen) atoms. The van der Waals surface area contributed by atoms with Gasteiger partial charge in [0, 0.05) is 11.9 Å². The maximum Gasteiger partial charge on any atom is 0.221 e. The molecule has 0 spiro atoms. The number of rotatable bonds is 2. The second kappa shape index (κ2) is 4.68. The maximum absolute atomic E-state index is 11.0. The number of nitrogens with one attached hydrogen (secondary N) is 1. The Balaban J connectivity index is 2.36. The van der Waals surface area contributed by atoms with Crippen LogP contribution >= 0.6 is 22.9 Å². The second-order valence-corrected chi connectivity index (χ2v) is 4.70. The van der Waals surface area contributed by atoms with Crippen LogP contribution in [0.1, 0.15) is 6.92 Å². The Morgan fingerprint density at radius 3 is 2.56 bits per heavy atom. The van der Waals surface area contributed by atoms with Gasteiger partial charge in [0.25, 0.3) is 0 Å². The lowest BCUT2D eigenvalue weighted by Crippen LogP contribution is -2.05. The fourth-order valence-corrected chi connectivity index (χ4v) is 2.41. The Bertz CT molecular complexity index is 504. The first-order chi connectivity index (χ1) is 7.66. The predicted molar refractivity (Wildman–Crippen MR) is 69.1 cm³/mol. The molecule has 1 aromatic heterocycles. The number of amides is 1. The number of hydrogen-bond donors (Lipinski definition) is 1. The van der Waals surface area contributed by atoms with Gasteiger partial charge >= 0.3 is 0 Å². The monoisotopic (exact) mass is 251 g/mol. The number of hydrogen-bond acceptors (Lipinski definition) is 2. The fourth-order valence-electron chi connectivity index (χ4n) is 1.42. The van der Waals surface area contributed by atoms with Crippen molar-refractivity contribution in [3.8, 4) is 10.4 Å². The van der Waals surface area contributed by atoms with Gasteiger partial charge in [-0.3, -0.25) is 4.79 Å². The molecular weight excluding hydrogens is 242 g/mol. The van der Waals surface area contributed by atoms with Gasteiger partial charge in [-0.05, 0) is 29.1 Å². The molecule has 0 radical (unpaired) electrons. The molecule has 0 atom stereocenters. The van der Waals surface area contributed by atoms with Crippen molar-refractivity contribution in [2.24, 2.45) is 0 Å². The van der Waals surface area contributed by atoms with Crippen LogP contribution in [-0.2, 0) is 4.79 Å². The molecule has 0 fully saturated rings. The summed E-state index contributed by atoms with van der Waals surface area (Å²) in [6.07, 6.45) is 0. The number of anilines is 1. The lowest BCUT2D eigenvalue weighted by molar-refractivity contribution is -0.114. The van der Waals surface area contributed by atoms with Gasteiger partial charge in [0.15, 0.2) is 0 Å². The largest absolute Gasteiger partial charge is 0.325 e. The number of benzene rings is 1. The van der Waals surface area contributed by atoms with E-state index in [1.54, 1.807) is 11.3 Å². The van der Waals surface area contributed by atoms with Crippen molar-refractivity contribution >= 4 is 34.5 Å². The zero-order chi connectivity index (χ0) is 11.5. The van der Waals surface area contributed by atoms with Crippen molar-refractivity contribution < 1.29 is 4.79 Å². The minimum atomic E-state index is -0.0615. The summed E-state index contributed by atoms with van der Waals surface area (Å²) in [5.74, 6) is -0.0615. The zero-order valence-electron chi connectivity index (χ0n) is 8.66. The topological polar surface area (TPSA) is 29.1 Å². The Hall–Kier alpha value is -1.32. The van der Waals surface area contributed by atoms with Crippen LogP contribution < -0.4 is 5.32 Å². The van der Waals surface area contributed by atoms with E-state index in [9.17, 15) is 4.79 Å². The van der Waals surface area contributed by atoms with E-state index >= 15 is 0 Å². The second-order valence-electron chi connectivity index (χ2n) is 3.35. The van der Waals surface area contributed by atoms with Crippen molar-refractivity contribution in [1.29, 1.82) is 0 Å². The summed E-state index contributed by atoms with van der Waals surface area (Å²) in [5.41, 5.74) is 1.91. The Morgan fingerprint density at radius 2 is 1.94 bits per heavy atom. The summed E-state index contributed by atoms with van der Waals surface area (Å²) in [7, 11) is 0. The molecule has 0 aliphatic rings. The molecule has 1 N–H and O–H groups in total. The molecular formula is C12H10ClNOS. The Morgan fingerprint density at radius 1 is 1.25 bits per heavy atom. The molecule has 1 aromatic carbocycles. The minimum absolute atomic E-state index is 0.0615. The van der Waals surface area contributed by atoms with E-state index in [4.69, 9.17) is 11.6 Å². The summed E-state index contributed by atoms with van der Waals surface area (Å²) in [5, 5.41) is 5.47. The SMILES string of the molecule is CC(=O)Nc1ccsc1-c1ccc(Cl)cc1. The molecule has 0 bridgehead atoms. The highest BCUT2D eigenvalue weighted by Crippen LogP contribution is 2.34. The van der Waals surface area contributed by atoms with Crippen molar-refractivity contribution in [2.75, 3.05) is 5.32 Å². The molecule has 2 nitrogen and oxygen atoms in total. The van der Waals surface area contributed by atoms with Crippen molar-refractivity contribution in [3.05, 3.63) is 40.7 Å². The van der Waals surface area contributed by atoms with E-state index in [1.165, 1.54) is 6.92 Å². The first-order valence-electron chi connectivity index (χ1n) is 4.78. The lowest BCUT2D eigenvalue weighted by atomic mass is 10.2. The van der Waals surface area contributed by atoms with Gasteiger partial charge in [-0.25, -0.2) is 0 Å². The van der Waals surface area contributed by atoms with Crippen LogP contribution in [0.4, 0.5) is 5.69 Å². The smallest absolute Gasteiger partial charge is 0.221 e. The normalized spacial score (nSPS) is 10.1. The fraction of sp³-hybridized carbons (Fsp3) is 0.0833. The first-order valence-corrected chi connectivity index (χ1v) is 6.03. The van der Waals surface area contributed by atoms with Crippen LogP contribution in [0.5, 0.6) is 0 Å². The molecule has 4 heteroatoms. The molecule has 1 heterocycles. The van der Waals surface area contributed by atoms with Gasteiger partial charge in [0.1, 0.15) is 0 Å². The highest BCUT2D eigenvalue weighted by Gasteiger charge is 2.07. The number of carbonyl (C=O) groups excluding carboxylic acids is 1. The van der Waals surface area contributed by atoms with E-state index in [-0.39, 0.29) is 5.91 Å². The molecule has 0 saturated carbocycles. The van der Waals surface area contributed by atoms with Gasteiger partial charge in [0.05, 0.1) is 10.6 Å². The Labute approximate surface area is 103 Å². The third kappa shape index (κ3) is 2.43. The van der Waals surface area contributed by atoms with Gasteiger partial charge in [0.2, 0.25) is 5.91 Å². The highest BCUT2D eigenvalue weighted by atomic mass is 35.5. The first kappa shape index (κ1) is 11.2. The zero-order valence-corrected chi connectivity index (χ0v) is 10.2. The van der Waals surface area contributed by atoms with E-state index in [1.807, 2.05) is 35.7 Å². The van der Waals surface area contributed by atoms with Crippen LogP contribution in [0.3, 0.4) is 0 Å². The quantitative estimate of drug-likeness (QED) is 0.858. The van der Waals surface area contributed by atoms with Crippen LogP contribution in [0.2, 0.25) is 5.02 Å². The van der Waals surface area contributed by atoms with Crippen molar-refractivity contribution in [2.45, 2.75) is 6.92 Å². The average molecular weight is 252 g/mol. The summed E-state index contributed by atoms with van der Waals surface area (Å²) in [4.78, 5) is 12.1. The van der Waals surface area contributed by atoms with Crippen molar-refractivity contribution in [3.63, 3.8) is 0 Å². The molecule has 0 aliphatic carbocycles. The van der Waals surface area contributed by atoms with E-state index in [0.717, 1.165) is 16.1 Å². The van der Waals surface area contributed by atoms with Gasteiger partial charge in [-0.1, -0.05) is 23.7 Å². The van der Waals surface area contributed by atoms with E-state index < -0.39 is 0 Å². The lowest BCUT2D eigenvalue weighted by Gasteiger charge is -2.04. The molecule has 0 saturated heterocycles. The maximum atomic E-state index is 11.0. The minimum Gasteiger partial charge on any atom is -0.325 e. The third-order valence-electron chi connectivity index (χ3n) is 2.08. The molecule has 0 aliphatic heterocycles. The van der Waals surface area contributed by atoms with Crippen LogP contribution in [-0.4, -0.2) is 5.91 Å². The molecule has 2 rings (SSSR count). The standard InChI is InChI=1S/C12H10ClNOS/c1-8(15)14-11-6-7-16-12(11)9-2-4-10(13)5-3-9/h2-7H,1H3,(H,14,15). The van der Waals surface area contributed by atoms with Crippen LogP contribution in [0.25, 0.3) is 10.4 Å². The average Bonchev–Trinajstić information content (AvgIpc) is 2.66. The number of halogens is 1. The van der Waals surface area contributed by atoms with E-state index in [2.05, 4.69) is 5.32 Å². The van der Waals surface area contributed by atoms with Crippen molar-refractivity contribution in [1.82, 2.24) is 0 Å². The Kier molecular flexibility index (Phi) is 3.27. The molecule has 82 valence electrons. The summed E-state index contributed by atoms with van der Waals surface area (Å²) >= 11 is 7.42. The van der Waals surface area contributed by atoms with Gasteiger partial charge in [-0.2, -0.15) is 0 Å². The van der Waals surface area contributed by atoms with Crippen LogP contribution in [0, 0.1) is 0 Å². The summed E-state index contributed by atoms with van der Waals surface area (Å²) in [6, 6.07) is 9.47. The van der Waals surface area contributed by atoms with Crippen LogP contribution in [0.15, 0.2) is 35.7 Å².